The topological polar surface area (TPSA) is 24.7 Å². The van der Waals surface area contributed by atoms with Gasteiger partial charge in [-0.1, -0.05) is 48.5 Å². The summed E-state index contributed by atoms with van der Waals surface area (Å²) in [7, 11) is 0. The zero-order valence-electron chi connectivity index (χ0n) is 10.2. The highest BCUT2D eigenvalue weighted by molar-refractivity contribution is 5.80. The Morgan fingerprint density at radius 1 is 0.778 bits per heavy atom. The Morgan fingerprint density at radius 2 is 1.44 bits per heavy atom. The van der Waals surface area contributed by atoms with E-state index in [4.69, 9.17) is 0 Å². The normalized spacial score (nSPS) is 11.3. The number of aliphatic imine (C=N–C) groups is 2. The van der Waals surface area contributed by atoms with Crippen LogP contribution in [0.1, 0.15) is 12.0 Å². The number of nitrogens with zero attached hydrogens (tertiary/aromatic N) is 2. The fourth-order valence-corrected chi connectivity index (χ4v) is 1.55. The van der Waals surface area contributed by atoms with Gasteiger partial charge in [0.25, 0.3) is 0 Å². The summed E-state index contributed by atoms with van der Waals surface area (Å²) in [6.07, 6.45) is 4.55. The summed E-state index contributed by atoms with van der Waals surface area (Å²) in [5, 5.41) is 0. The standard InChI is InChI=1S/C16H16N2/c1-3-8-15(9-4-1)14-17-12-7-13-18-16-10-5-2-6-11-16/h1-6,8-13H,7,14H2. The van der Waals surface area contributed by atoms with E-state index in [0.717, 1.165) is 18.7 Å². The molecule has 2 heteroatoms. The molecule has 0 N–H and O–H groups in total. The van der Waals surface area contributed by atoms with Gasteiger partial charge in [0, 0.05) is 18.9 Å². The monoisotopic (exact) mass is 236 g/mol. The molecular weight excluding hydrogens is 220 g/mol. The Kier molecular flexibility index (Phi) is 4.88. The van der Waals surface area contributed by atoms with Gasteiger partial charge in [-0.15, -0.1) is 0 Å². The molecular formula is C16H16N2. The van der Waals surface area contributed by atoms with Gasteiger partial charge >= 0.3 is 0 Å². The van der Waals surface area contributed by atoms with Crippen molar-refractivity contribution in [3.8, 4) is 0 Å². The van der Waals surface area contributed by atoms with Gasteiger partial charge in [-0.25, -0.2) is 0 Å². The van der Waals surface area contributed by atoms with Crippen molar-refractivity contribution in [3.05, 3.63) is 66.2 Å². The molecule has 2 nitrogen and oxygen atoms in total. The highest BCUT2D eigenvalue weighted by Gasteiger charge is 1.86. The Morgan fingerprint density at radius 3 is 2.17 bits per heavy atom. The molecule has 0 atom stereocenters. The lowest BCUT2D eigenvalue weighted by molar-refractivity contribution is 1.07. The lowest BCUT2D eigenvalue weighted by Crippen LogP contribution is -1.82. The van der Waals surface area contributed by atoms with Crippen LogP contribution in [-0.2, 0) is 6.54 Å². The number of hydrogen-bond donors (Lipinski definition) is 0. The molecule has 0 amide bonds. The molecule has 0 spiro atoms. The van der Waals surface area contributed by atoms with E-state index in [-0.39, 0.29) is 0 Å². The second-order valence-electron chi connectivity index (χ2n) is 3.89. The smallest absolute Gasteiger partial charge is 0.0635 e. The SMILES string of the molecule is C(CC=Nc1ccccc1)=NCc1ccccc1. The minimum atomic E-state index is 0.736. The molecule has 0 aliphatic rings. The van der Waals surface area contributed by atoms with Crippen LogP contribution in [0, 0.1) is 0 Å². The Balaban J connectivity index is 1.74. The Bertz CT molecular complexity index is 501. The van der Waals surface area contributed by atoms with Gasteiger partial charge in [-0.3, -0.25) is 9.98 Å². The van der Waals surface area contributed by atoms with Gasteiger partial charge in [0.15, 0.2) is 0 Å². The quantitative estimate of drug-likeness (QED) is 0.700. The molecule has 0 fully saturated rings. The third-order valence-corrected chi connectivity index (χ3v) is 2.45. The van der Waals surface area contributed by atoms with Crippen molar-refractivity contribution in [3.63, 3.8) is 0 Å². The van der Waals surface area contributed by atoms with E-state index in [1.807, 2.05) is 61.0 Å². The molecule has 18 heavy (non-hydrogen) atoms. The van der Waals surface area contributed by atoms with Gasteiger partial charge in [-0.2, -0.15) is 0 Å². The first kappa shape index (κ1) is 12.2. The van der Waals surface area contributed by atoms with E-state index < -0.39 is 0 Å². The van der Waals surface area contributed by atoms with E-state index in [1.54, 1.807) is 0 Å². The van der Waals surface area contributed by atoms with Gasteiger partial charge in [0.2, 0.25) is 0 Å². The summed E-state index contributed by atoms with van der Waals surface area (Å²) in [6.45, 7) is 0.736. The molecule has 0 heterocycles. The maximum Gasteiger partial charge on any atom is 0.0635 e. The minimum Gasteiger partial charge on any atom is -0.292 e. The van der Waals surface area contributed by atoms with Crippen LogP contribution in [0.2, 0.25) is 0 Å². The second kappa shape index (κ2) is 7.17. The molecule has 0 radical (unpaired) electrons. The molecule has 0 aliphatic heterocycles. The molecule has 2 aromatic carbocycles. The first-order chi connectivity index (χ1) is 8.95. The maximum absolute atomic E-state index is 4.36. The highest BCUT2D eigenvalue weighted by atomic mass is 14.7. The average molecular weight is 236 g/mol. The van der Waals surface area contributed by atoms with E-state index in [2.05, 4.69) is 22.1 Å². The summed E-state index contributed by atoms with van der Waals surface area (Å²) in [6, 6.07) is 20.1. The van der Waals surface area contributed by atoms with Crippen molar-refractivity contribution in [1.82, 2.24) is 0 Å². The van der Waals surface area contributed by atoms with Crippen molar-refractivity contribution >= 4 is 18.1 Å². The van der Waals surface area contributed by atoms with Crippen LogP contribution < -0.4 is 0 Å². The largest absolute Gasteiger partial charge is 0.292 e. The molecule has 0 aliphatic carbocycles. The minimum absolute atomic E-state index is 0.736. The van der Waals surface area contributed by atoms with Crippen molar-refractivity contribution in [2.75, 3.05) is 0 Å². The van der Waals surface area contributed by atoms with Crippen LogP contribution in [0.5, 0.6) is 0 Å². The summed E-state index contributed by atoms with van der Waals surface area (Å²) >= 11 is 0. The number of rotatable bonds is 5. The van der Waals surface area contributed by atoms with E-state index in [0.29, 0.717) is 0 Å². The summed E-state index contributed by atoms with van der Waals surface area (Å²) in [4.78, 5) is 8.69. The first-order valence-corrected chi connectivity index (χ1v) is 6.05. The number of benzene rings is 2. The van der Waals surface area contributed by atoms with Crippen molar-refractivity contribution in [2.24, 2.45) is 9.98 Å². The lowest BCUT2D eigenvalue weighted by atomic mass is 10.2. The zero-order valence-corrected chi connectivity index (χ0v) is 10.2. The zero-order chi connectivity index (χ0) is 12.5. The second-order valence-corrected chi connectivity index (χ2v) is 3.89. The van der Waals surface area contributed by atoms with Gasteiger partial charge < -0.3 is 0 Å². The predicted octanol–water partition coefficient (Wildman–Crippen LogP) is 4.05. The first-order valence-electron chi connectivity index (χ1n) is 6.05. The third kappa shape index (κ3) is 4.34. The maximum atomic E-state index is 4.36. The molecule has 0 unspecified atom stereocenters. The molecule has 2 rings (SSSR count). The Labute approximate surface area is 108 Å². The molecule has 0 bridgehead atoms. The highest BCUT2D eigenvalue weighted by Crippen LogP contribution is 2.08. The summed E-state index contributed by atoms with van der Waals surface area (Å²) in [5.74, 6) is 0. The predicted molar refractivity (Wildman–Crippen MR) is 77.8 cm³/mol. The van der Waals surface area contributed by atoms with Gasteiger partial charge in [0.1, 0.15) is 0 Å². The van der Waals surface area contributed by atoms with Crippen LogP contribution in [0.15, 0.2) is 70.6 Å². The van der Waals surface area contributed by atoms with Crippen LogP contribution in [0.25, 0.3) is 0 Å². The number of para-hydroxylation sites is 1. The molecule has 0 saturated carbocycles. The molecule has 2 aromatic rings. The van der Waals surface area contributed by atoms with E-state index in [9.17, 15) is 0 Å². The Hall–Kier alpha value is -2.22. The average Bonchev–Trinajstić information content (AvgIpc) is 2.45. The fraction of sp³-hybridized carbons (Fsp3) is 0.125. The number of hydrogen-bond acceptors (Lipinski definition) is 2. The van der Waals surface area contributed by atoms with Crippen molar-refractivity contribution < 1.29 is 0 Å². The van der Waals surface area contributed by atoms with Crippen molar-refractivity contribution in [2.45, 2.75) is 13.0 Å². The molecule has 90 valence electrons. The fourth-order valence-electron chi connectivity index (χ4n) is 1.55. The van der Waals surface area contributed by atoms with Gasteiger partial charge in [-0.05, 0) is 17.7 Å². The molecule has 0 aromatic heterocycles. The van der Waals surface area contributed by atoms with E-state index >= 15 is 0 Å². The van der Waals surface area contributed by atoms with Crippen LogP contribution >= 0.6 is 0 Å². The van der Waals surface area contributed by atoms with Crippen LogP contribution in [0.3, 0.4) is 0 Å². The third-order valence-electron chi connectivity index (χ3n) is 2.45. The summed E-state index contributed by atoms with van der Waals surface area (Å²) in [5.41, 5.74) is 2.21. The molecule has 0 saturated heterocycles. The lowest BCUT2D eigenvalue weighted by Gasteiger charge is -1.93. The van der Waals surface area contributed by atoms with Crippen LogP contribution in [-0.4, -0.2) is 12.4 Å². The van der Waals surface area contributed by atoms with Gasteiger partial charge in [0.05, 0.1) is 12.2 Å². The van der Waals surface area contributed by atoms with Crippen LogP contribution in [0.4, 0.5) is 5.69 Å². The van der Waals surface area contributed by atoms with E-state index in [1.165, 1.54) is 5.56 Å². The summed E-state index contributed by atoms with van der Waals surface area (Å²) < 4.78 is 0. The van der Waals surface area contributed by atoms with Crippen molar-refractivity contribution in [1.29, 1.82) is 0 Å².